The zero-order valence-corrected chi connectivity index (χ0v) is 11.1. The van der Waals surface area contributed by atoms with Crippen LogP contribution in [0.2, 0.25) is 0 Å². The van der Waals surface area contributed by atoms with Crippen molar-refractivity contribution < 1.29 is 19.1 Å². The van der Waals surface area contributed by atoms with Gasteiger partial charge in [-0.05, 0) is 18.2 Å². The van der Waals surface area contributed by atoms with Crippen molar-refractivity contribution in [3.8, 4) is 0 Å². The maximum Gasteiger partial charge on any atom is 0.327 e. The minimum atomic E-state index is -1.03. The molecule has 4 nitrogen and oxygen atoms in total. The second-order valence-electron chi connectivity index (χ2n) is 3.09. The summed E-state index contributed by atoms with van der Waals surface area (Å²) in [5.74, 6) is -1.98. The summed E-state index contributed by atoms with van der Waals surface area (Å²) in [6.07, 6.45) is 0. The van der Waals surface area contributed by atoms with Gasteiger partial charge in [0.2, 0.25) is 5.91 Å². The van der Waals surface area contributed by atoms with Gasteiger partial charge >= 0.3 is 5.97 Å². The normalized spacial score (nSPS) is 11.9. The summed E-state index contributed by atoms with van der Waals surface area (Å²) in [7, 11) is 0. The van der Waals surface area contributed by atoms with Crippen molar-refractivity contribution in [3.63, 3.8) is 0 Å². The summed E-state index contributed by atoms with van der Waals surface area (Å²) in [5.41, 5.74) is 0.0348. The lowest BCUT2D eigenvalue weighted by atomic mass is 10.3. The number of carboxylic acids is 1. The van der Waals surface area contributed by atoms with Gasteiger partial charge in [0.1, 0.15) is 5.82 Å². The molecule has 0 aliphatic heterocycles. The molecule has 2 N–H and O–H groups in total. The molecule has 0 aliphatic rings. The predicted molar refractivity (Wildman–Crippen MR) is 66.9 cm³/mol. The molecule has 0 heterocycles. The van der Waals surface area contributed by atoms with Crippen molar-refractivity contribution >= 4 is 45.3 Å². The number of alkyl halides is 1. The number of hydrogen-bond donors (Lipinski definition) is 2. The Bertz CT molecular complexity index is 455. The van der Waals surface area contributed by atoms with E-state index in [1.165, 1.54) is 25.1 Å². The van der Waals surface area contributed by atoms with E-state index < -0.39 is 15.9 Å². The highest BCUT2D eigenvalue weighted by Gasteiger charge is 2.15. The number of carbonyl (C=O) groups excluding carboxylic acids is 1. The summed E-state index contributed by atoms with van der Waals surface area (Å²) in [5, 5.41) is 11.0. The minimum absolute atomic E-state index is 0.0348. The third-order valence-corrected chi connectivity index (χ3v) is 3.57. The van der Waals surface area contributed by atoms with Gasteiger partial charge < -0.3 is 10.4 Å². The molecule has 0 radical (unpaired) electrons. The molecule has 1 amide bonds. The van der Waals surface area contributed by atoms with Crippen LogP contribution < -0.4 is 5.32 Å². The molecular formula is C10H9BrFNO3S. The molecule has 1 atom stereocenters. The molecule has 7 heteroatoms. The van der Waals surface area contributed by atoms with Gasteiger partial charge in [-0.3, -0.25) is 9.59 Å². The van der Waals surface area contributed by atoms with Gasteiger partial charge in [-0.2, -0.15) is 0 Å². The number of carbonyl (C=O) groups is 2. The number of aliphatic carboxylic acids is 1. The van der Waals surface area contributed by atoms with Crippen LogP contribution in [0, 0.1) is 5.82 Å². The van der Waals surface area contributed by atoms with Crippen LogP contribution in [0.25, 0.3) is 0 Å². The molecule has 1 unspecified atom stereocenters. The number of nitrogens with one attached hydrogen (secondary N) is 1. The van der Waals surface area contributed by atoms with Crippen molar-refractivity contribution in [3.05, 3.63) is 24.0 Å². The zero-order valence-electron chi connectivity index (χ0n) is 8.74. The molecular weight excluding hydrogens is 313 g/mol. The fraction of sp³-hybridized carbons (Fsp3) is 0.200. The van der Waals surface area contributed by atoms with Gasteiger partial charge in [-0.15, -0.1) is 0 Å². The third-order valence-electron chi connectivity index (χ3n) is 1.68. The van der Waals surface area contributed by atoms with Crippen molar-refractivity contribution in [1.82, 2.24) is 0 Å². The van der Waals surface area contributed by atoms with Gasteiger partial charge in [0.25, 0.3) is 0 Å². The van der Waals surface area contributed by atoms with Crippen LogP contribution in [-0.2, 0) is 9.59 Å². The topological polar surface area (TPSA) is 66.4 Å². The number of halogens is 2. The Labute approximate surface area is 110 Å². The highest BCUT2D eigenvalue weighted by atomic mass is 79.9. The van der Waals surface area contributed by atoms with Crippen LogP contribution in [0.1, 0.15) is 6.92 Å². The Morgan fingerprint density at radius 1 is 1.53 bits per heavy atom. The fourth-order valence-electron chi connectivity index (χ4n) is 1.03. The highest BCUT2D eigenvalue weighted by Crippen LogP contribution is 2.30. The monoisotopic (exact) mass is 321 g/mol. The number of anilines is 1. The van der Waals surface area contributed by atoms with E-state index >= 15 is 0 Å². The van der Waals surface area contributed by atoms with E-state index in [1.807, 2.05) is 0 Å². The smallest absolute Gasteiger partial charge is 0.327 e. The molecule has 0 bridgehead atoms. The molecule has 0 aliphatic carbocycles. The maximum atomic E-state index is 13.3. The van der Waals surface area contributed by atoms with Gasteiger partial charge in [0, 0.05) is 11.8 Å². The Kier molecular flexibility index (Phi) is 4.95. The molecule has 1 aromatic rings. The van der Waals surface area contributed by atoms with Crippen LogP contribution in [0.4, 0.5) is 10.1 Å². The molecule has 1 rings (SSSR count). The van der Waals surface area contributed by atoms with Crippen molar-refractivity contribution in [2.75, 3.05) is 5.32 Å². The van der Waals surface area contributed by atoms with Crippen molar-refractivity contribution in [2.45, 2.75) is 16.0 Å². The Morgan fingerprint density at radius 2 is 2.18 bits per heavy atom. The number of thioether (sulfide) groups is 1. The number of benzene rings is 1. The first-order valence-corrected chi connectivity index (χ1v) is 6.30. The number of hydrogen-bond acceptors (Lipinski definition) is 3. The lowest BCUT2D eigenvalue weighted by molar-refractivity contribution is -0.134. The van der Waals surface area contributed by atoms with Crippen LogP contribution in [0.3, 0.4) is 0 Å². The standard InChI is InChI=1S/C10H9BrFNO3S/c1-5(14)13-8-4-6(2-3-7(8)12)17-9(11)10(15)16/h2-4,9H,1H3,(H,13,14)(H,15,16). The van der Waals surface area contributed by atoms with E-state index in [-0.39, 0.29) is 11.6 Å². The largest absolute Gasteiger partial charge is 0.480 e. The van der Waals surface area contributed by atoms with E-state index in [4.69, 9.17) is 5.11 Å². The van der Waals surface area contributed by atoms with E-state index in [0.717, 1.165) is 11.8 Å². The second kappa shape index (κ2) is 6.02. The summed E-state index contributed by atoms with van der Waals surface area (Å²) >= 11 is 3.96. The maximum absolute atomic E-state index is 13.3. The lowest BCUT2D eigenvalue weighted by Gasteiger charge is -2.08. The fourth-order valence-corrected chi connectivity index (χ4v) is 2.35. The first-order chi connectivity index (χ1) is 7.90. The molecule has 1 aromatic carbocycles. The minimum Gasteiger partial charge on any atom is -0.480 e. The third kappa shape index (κ3) is 4.35. The van der Waals surface area contributed by atoms with Crippen molar-refractivity contribution in [1.29, 1.82) is 0 Å². The quantitative estimate of drug-likeness (QED) is 0.661. The van der Waals surface area contributed by atoms with Crippen LogP contribution >= 0.6 is 27.7 Å². The average molecular weight is 322 g/mol. The zero-order chi connectivity index (χ0) is 13.0. The average Bonchev–Trinajstić information content (AvgIpc) is 2.22. The molecule has 0 saturated carbocycles. The summed E-state index contributed by atoms with van der Waals surface area (Å²) in [6.45, 7) is 1.27. The van der Waals surface area contributed by atoms with E-state index in [1.54, 1.807) is 0 Å². The predicted octanol–water partition coefficient (Wildman–Crippen LogP) is 2.68. The van der Waals surface area contributed by atoms with E-state index in [9.17, 15) is 14.0 Å². The van der Waals surface area contributed by atoms with Gasteiger partial charge in [0.05, 0.1) is 5.69 Å². The molecule has 92 valence electrons. The van der Waals surface area contributed by atoms with Gasteiger partial charge in [-0.1, -0.05) is 27.7 Å². The lowest BCUT2D eigenvalue weighted by Crippen LogP contribution is -2.09. The van der Waals surface area contributed by atoms with E-state index in [0.29, 0.717) is 4.90 Å². The van der Waals surface area contributed by atoms with Crippen LogP contribution in [0.15, 0.2) is 23.1 Å². The first kappa shape index (κ1) is 14.0. The Hall–Kier alpha value is -1.08. The molecule has 0 spiro atoms. The van der Waals surface area contributed by atoms with Crippen LogP contribution in [-0.4, -0.2) is 21.1 Å². The SMILES string of the molecule is CC(=O)Nc1cc(SC(Br)C(=O)O)ccc1F. The molecule has 0 aromatic heterocycles. The summed E-state index contributed by atoms with van der Waals surface area (Å²) in [6, 6.07) is 4.01. The number of amides is 1. The Morgan fingerprint density at radius 3 is 2.71 bits per heavy atom. The summed E-state index contributed by atoms with van der Waals surface area (Å²) < 4.78 is 12.5. The van der Waals surface area contributed by atoms with Crippen molar-refractivity contribution in [2.24, 2.45) is 0 Å². The van der Waals surface area contributed by atoms with E-state index in [2.05, 4.69) is 21.2 Å². The second-order valence-corrected chi connectivity index (χ2v) is 5.80. The number of rotatable bonds is 4. The summed E-state index contributed by atoms with van der Waals surface area (Å²) in [4.78, 5) is 22.0. The molecule has 0 saturated heterocycles. The first-order valence-electron chi connectivity index (χ1n) is 4.51. The Balaban J connectivity index is 2.88. The molecule has 17 heavy (non-hydrogen) atoms. The highest BCUT2D eigenvalue weighted by molar-refractivity contribution is 9.11. The van der Waals surface area contributed by atoms with Gasteiger partial charge in [0.15, 0.2) is 4.16 Å². The number of carboxylic acid groups (broad SMARTS) is 1. The molecule has 0 fully saturated rings. The van der Waals surface area contributed by atoms with Gasteiger partial charge in [-0.25, -0.2) is 4.39 Å². The van der Waals surface area contributed by atoms with Crippen LogP contribution in [0.5, 0.6) is 0 Å².